The molecule has 6 nitrogen and oxygen atoms in total. The summed E-state index contributed by atoms with van der Waals surface area (Å²) < 4.78 is 6.25. The summed E-state index contributed by atoms with van der Waals surface area (Å²) in [6, 6.07) is 15.1. The van der Waals surface area contributed by atoms with E-state index in [1.165, 1.54) is 34.9 Å². The van der Waals surface area contributed by atoms with E-state index in [2.05, 4.69) is 0 Å². The van der Waals surface area contributed by atoms with E-state index in [0.29, 0.717) is 26.3 Å². The van der Waals surface area contributed by atoms with Crippen molar-refractivity contribution in [3.63, 3.8) is 0 Å². The fraction of sp³-hybridized carbons (Fsp3) is 0.0476. The van der Waals surface area contributed by atoms with Crippen LogP contribution >= 0.6 is 35.6 Å². The minimum absolute atomic E-state index is 0.101. The fourth-order valence-corrected chi connectivity index (χ4v) is 4.54. The molecule has 1 aromatic heterocycles. The number of nitro benzene ring substituents is 1. The third-order valence-electron chi connectivity index (χ3n) is 4.48. The molecule has 0 unspecified atom stereocenters. The van der Waals surface area contributed by atoms with Crippen LogP contribution in [0.15, 0.2) is 63.9 Å². The van der Waals surface area contributed by atoms with Crippen LogP contribution in [0.2, 0.25) is 5.02 Å². The van der Waals surface area contributed by atoms with E-state index in [1.54, 1.807) is 18.2 Å². The van der Waals surface area contributed by atoms with E-state index in [0.717, 1.165) is 11.3 Å². The van der Waals surface area contributed by atoms with Gasteiger partial charge in [-0.2, -0.15) is 0 Å². The Hall–Kier alpha value is -2.94. The maximum absolute atomic E-state index is 12.9. The van der Waals surface area contributed by atoms with Gasteiger partial charge in [0, 0.05) is 23.8 Å². The summed E-state index contributed by atoms with van der Waals surface area (Å²) in [6.45, 7) is 1.92. The summed E-state index contributed by atoms with van der Waals surface area (Å²) in [6.07, 6.45) is 1.63. The van der Waals surface area contributed by atoms with Crippen LogP contribution in [0.3, 0.4) is 0 Å². The zero-order valence-electron chi connectivity index (χ0n) is 15.5. The monoisotopic (exact) mass is 456 g/mol. The third-order valence-corrected chi connectivity index (χ3v) is 6.09. The number of thiocarbonyl (C=S) groups is 1. The third kappa shape index (κ3) is 3.77. The molecule has 2 aromatic carbocycles. The van der Waals surface area contributed by atoms with Gasteiger partial charge in [-0.25, -0.2) is 0 Å². The van der Waals surface area contributed by atoms with Crippen molar-refractivity contribution < 1.29 is 14.1 Å². The number of carbonyl (C=O) groups excluding carboxylic acids is 1. The summed E-state index contributed by atoms with van der Waals surface area (Å²) in [5.74, 6) is 0.672. The molecule has 150 valence electrons. The number of nitrogens with zero attached hydrogens (tertiary/aromatic N) is 2. The van der Waals surface area contributed by atoms with Crippen LogP contribution in [0.25, 0.3) is 17.4 Å². The molecular formula is C21H13ClN2O4S2. The number of aryl methyl sites for hydroxylation is 1. The molecule has 0 spiro atoms. The minimum atomic E-state index is -0.514. The predicted molar refractivity (Wildman–Crippen MR) is 123 cm³/mol. The number of halogens is 1. The van der Waals surface area contributed by atoms with Crippen molar-refractivity contribution in [2.75, 3.05) is 4.90 Å². The molecule has 1 fully saturated rings. The Balaban J connectivity index is 1.62. The number of rotatable bonds is 4. The van der Waals surface area contributed by atoms with Crippen LogP contribution in [0.5, 0.6) is 0 Å². The second-order valence-corrected chi connectivity index (χ2v) is 8.51. The Morgan fingerprint density at radius 3 is 2.67 bits per heavy atom. The molecular weight excluding hydrogens is 444 g/mol. The van der Waals surface area contributed by atoms with E-state index in [4.69, 9.17) is 28.2 Å². The SMILES string of the molecule is Cc1ccccc1N1C(=O)/C(=C/c2ccc(-c3ccc([N+](=O)[O-])cc3Cl)o2)SC1=S. The zero-order chi connectivity index (χ0) is 21.4. The number of non-ortho nitro benzene ring substituents is 1. The molecule has 1 aliphatic rings. The number of anilines is 1. The number of para-hydroxylation sites is 1. The lowest BCUT2D eigenvalue weighted by atomic mass is 10.1. The van der Waals surface area contributed by atoms with E-state index in [1.807, 2.05) is 31.2 Å². The molecule has 0 aliphatic carbocycles. The summed E-state index contributed by atoms with van der Waals surface area (Å²) in [5.41, 5.74) is 2.12. The van der Waals surface area contributed by atoms with Crippen molar-refractivity contribution in [3.05, 3.63) is 86.0 Å². The van der Waals surface area contributed by atoms with Gasteiger partial charge in [0.2, 0.25) is 0 Å². The van der Waals surface area contributed by atoms with Gasteiger partial charge < -0.3 is 4.42 Å². The van der Waals surface area contributed by atoms with Crippen molar-refractivity contribution in [3.8, 4) is 11.3 Å². The molecule has 30 heavy (non-hydrogen) atoms. The minimum Gasteiger partial charge on any atom is -0.457 e. The molecule has 0 N–H and O–H groups in total. The largest absolute Gasteiger partial charge is 0.457 e. The van der Waals surface area contributed by atoms with Crippen LogP contribution in [0.1, 0.15) is 11.3 Å². The highest BCUT2D eigenvalue weighted by Crippen LogP contribution is 2.38. The quantitative estimate of drug-likeness (QED) is 0.201. The molecule has 9 heteroatoms. The molecule has 0 atom stereocenters. The van der Waals surface area contributed by atoms with Gasteiger partial charge in [-0.15, -0.1) is 0 Å². The van der Waals surface area contributed by atoms with Gasteiger partial charge in [0.05, 0.1) is 20.5 Å². The van der Waals surface area contributed by atoms with Gasteiger partial charge in [-0.05, 0) is 36.8 Å². The second kappa shape index (κ2) is 8.06. The molecule has 1 saturated heterocycles. The lowest BCUT2D eigenvalue weighted by molar-refractivity contribution is -0.384. The first-order valence-corrected chi connectivity index (χ1v) is 10.3. The first-order chi connectivity index (χ1) is 14.3. The first kappa shape index (κ1) is 20.3. The molecule has 0 saturated carbocycles. The Morgan fingerprint density at radius 2 is 1.97 bits per heavy atom. The number of benzene rings is 2. The second-order valence-electron chi connectivity index (χ2n) is 6.43. The van der Waals surface area contributed by atoms with Gasteiger partial charge in [-0.3, -0.25) is 19.8 Å². The first-order valence-electron chi connectivity index (χ1n) is 8.73. The number of furan rings is 1. The fourth-order valence-electron chi connectivity index (χ4n) is 3.01. The summed E-state index contributed by atoms with van der Waals surface area (Å²) in [4.78, 5) is 25.2. The number of carbonyl (C=O) groups is 1. The molecule has 1 amide bonds. The number of thioether (sulfide) groups is 1. The smallest absolute Gasteiger partial charge is 0.270 e. The van der Waals surface area contributed by atoms with Crippen LogP contribution in [-0.4, -0.2) is 15.2 Å². The normalized spacial score (nSPS) is 15.3. The van der Waals surface area contributed by atoms with Gasteiger partial charge in [0.15, 0.2) is 4.32 Å². The van der Waals surface area contributed by atoms with E-state index >= 15 is 0 Å². The Morgan fingerprint density at radius 1 is 1.20 bits per heavy atom. The molecule has 4 rings (SSSR count). The predicted octanol–water partition coefficient (Wildman–Crippen LogP) is 6.22. The number of amides is 1. The number of nitro groups is 1. The van der Waals surface area contributed by atoms with Crippen LogP contribution < -0.4 is 4.90 Å². The van der Waals surface area contributed by atoms with Crippen LogP contribution in [-0.2, 0) is 4.79 Å². The van der Waals surface area contributed by atoms with Crippen LogP contribution in [0, 0.1) is 17.0 Å². The highest BCUT2D eigenvalue weighted by Gasteiger charge is 2.34. The van der Waals surface area contributed by atoms with Crippen molar-refractivity contribution in [2.45, 2.75) is 6.92 Å². The maximum atomic E-state index is 12.9. The van der Waals surface area contributed by atoms with E-state index < -0.39 is 4.92 Å². The summed E-state index contributed by atoms with van der Waals surface area (Å²) >= 11 is 12.8. The lowest BCUT2D eigenvalue weighted by Gasteiger charge is -2.16. The summed E-state index contributed by atoms with van der Waals surface area (Å²) in [5, 5.41) is 11.1. The van der Waals surface area contributed by atoms with Gasteiger partial charge >= 0.3 is 0 Å². The molecule has 0 bridgehead atoms. The van der Waals surface area contributed by atoms with E-state index in [-0.39, 0.29) is 16.6 Å². The van der Waals surface area contributed by atoms with Crippen LogP contribution in [0.4, 0.5) is 11.4 Å². The number of hydrogen-bond donors (Lipinski definition) is 0. The Labute approximate surface area is 186 Å². The average Bonchev–Trinajstić information content (AvgIpc) is 3.27. The van der Waals surface area contributed by atoms with E-state index in [9.17, 15) is 14.9 Å². The highest BCUT2D eigenvalue weighted by molar-refractivity contribution is 8.27. The van der Waals surface area contributed by atoms with Gasteiger partial charge in [0.1, 0.15) is 11.5 Å². The Kier molecular flexibility index (Phi) is 5.46. The molecule has 0 radical (unpaired) electrons. The molecule has 1 aliphatic heterocycles. The Bertz CT molecular complexity index is 1240. The van der Waals surface area contributed by atoms with Crippen molar-refractivity contribution >= 4 is 63.3 Å². The topological polar surface area (TPSA) is 76.6 Å². The average molecular weight is 457 g/mol. The summed E-state index contributed by atoms with van der Waals surface area (Å²) in [7, 11) is 0. The molecule has 2 heterocycles. The number of hydrogen-bond acceptors (Lipinski definition) is 6. The van der Waals surface area contributed by atoms with Gasteiger partial charge in [-0.1, -0.05) is 53.8 Å². The van der Waals surface area contributed by atoms with Crippen molar-refractivity contribution in [2.24, 2.45) is 0 Å². The zero-order valence-corrected chi connectivity index (χ0v) is 17.9. The van der Waals surface area contributed by atoms with Crippen molar-refractivity contribution in [1.29, 1.82) is 0 Å². The molecule has 3 aromatic rings. The maximum Gasteiger partial charge on any atom is 0.270 e. The lowest BCUT2D eigenvalue weighted by Crippen LogP contribution is -2.28. The highest BCUT2D eigenvalue weighted by atomic mass is 35.5. The van der Waals surface area contributed by atoms with Gasteiger partial charge in [0.25, 0.3) is 11.6 Å². The van der Waals surface area contributed by atoms with Crippen molar-refractivity contribution in [1.82, 2.24) is 0 Å². The standard InChI is InChI=1S/C21H13ClN2O4S2/c1-12-4-2-3-5-17(12)23-20(25)19(30-21(23)29)11-14-7-9-18(28-14)15-8-6-13(24(26)27)10-16(15)22/h2-11H,1H3/b19-11-.